The van der Waals surface area contributed by atoms with Crippen molar-refractivity contribution in [1.29, 1.82) is 0 Å². The molecule has 0 fully saturated rings. The van der Waals surface area contributed by atoms with Gasteiger partial charge in [-0.3, -0.25) is 9.69 Å². The van der Waals surface area contributed by atoms with Crippen molar-refractivity contribution in [3.63, 3.8) is 0 Å². The van der Waals surface area contributed by atoms with Crippen LogP contribution in [-0.4, -0.2) is 36.1 Å². The quantitative estimate of drug-likeness (QED) is 0.544. The number of ether oxygens (including phenoxy) is 1. The van der Waals surface area contributed by atoms with Gasteiger partial charge in [-0.25, -0.2) is 0 Å². The Labute approximate surface area is 106 Å². The number of carbonyl (C=O) groups is 1. The van der Waals surface area contributed by atoms with E-state index in [0.717, 1.165) is 19.6 Å². The second-order valence-electron chi connectivity index (χ2n) is 4.62. The van der Waals surface area contributed by atoms with E-state index in [9.17, 15) is 4.79 Å². The molecule has 1 atom stereocenters. The number of hydrogen-bond donors (Lipinski definition) is 0. The van der Waals surface area contributed by atoms with Crippen molar-refractivity contribution in [2.75, 3.05) is 19.6 Å². The van der Waals surface area contributed by atoms with Gasteiger partial charge < -0.3 is 4.74 Å². The highest BCUT2D eigenvalue weighted by atomic mass is 16.6. The van der Waals surface area contributed by atoms with Crippen molar-refractivity contribution in [3.8, 4) is 11.8 Å². The normalized spacial score (nSPS) is 14.1. The van der Waals surface area contributed by atoms with Crippen LogP contribution in [0.1, 0.15) is 41.5 Å². The minimum absolute atomic E-state index is 0.176. The molecule has 3 heteroatoms. The fourth-order valence-corrected chi connectivity index (χ4v) is 1.36. The molecule has 0 amide bonds. The molecular weight excluding hydrogens is 214 g/mol. The second-order valence-corrected chi connectivity index (χ2v) is 4.62. The standard InChI is InChI=1S/C14H25NO2/c1-7-15(8-2)11-9-10-14(6,12(3)4)17-13(5)16/h12H,7-8,11H2,1-6H3. The maximum absolute atomic E-state index is 11.1. The van der Waals surface area contributed by atoms with Gasteiger partial charge in [-0.15, -0.1) is 0 Å². The van der Waals surface area contributed by atoms with Crippen LogP contribution in [-0.2, 0) is 9.53 Å². The van der Waals surface area contributed by atoms with Gasteiger partial charge in [-0.05, 0) is 20.0 Å². The van der Waals surface area contributed by atoms with Gasteiger partial charge in [0.1, 0.15) is 0 Å². The molecule has 0 spiro atoms. The second kappa shape index (κ2) is 7.34. The molecule has 0 aliphatic carbocycles. The Morgan fingerprint density at radius 3 is 2.24 bits per heavy atom. The Kier molecular flexibility index (Phi) is 6.91. The smallest absolute Gasteiger partial charge is 0.304 e. The minimum Gasteiger partial charge on any atom is -0.446 e. The Morgan fingerprint density at radius 2 is 1.88 bits per heavy atom. The van der Waals surface area contributed by atoms with Crippen LogP contribution in [0, 0.1) is 17.8 Å². The molecule has 0 saturated carbocycles. The summed E-state index contributed by atoms with van der Waals surface area (Å²) in [6, 6.07) is 0. The van der Waals surface area contributed by atoms with Crippen LogP contribution in [0.4, 0.5) is 0 Å². The molecule has 0 aliphatic heterocycles. The van der Waals surface area contributed by atoms with Gasteiger partial charge in [0.15, 0.2) is 5.60 Å². The van der Waals surface area contributed by atoms with E-state index < -0.39 is 5.60 Å². The Bertz CT molecular complexity index is 297. The number of nitrogens with zero attached hydrogens (tertiary/aromatic N) is 1. The molecule has 0 rings (SSSR count). The zero-order valence-electron chi connectivity index (χ0n) is 12.0. The highest BCUT2D eigenvalue weighted by Gasteiger charge is 2.29. The molecule has 0 aromatic rings. The van der Waals surface area contributed by atoms with Gasteiger partial charge in [-0.2, -0.15) is 0 Å². The monoisotopic (exact) mass is 239 g/mol. The van der Waals surface area contributed by atoms with Crippen LogP contribution in [0.3, 0.4) is 0 Å². The lowest BCUT2D eigenvalue weighted by atomic mass is 9.93. The molecule has 17 heavy (non-hydrogen) atoms. The summed E-state index contributed by atoms with van der Waals surface area (Å²) in [7, 11) is 0. The average Bonchev–Trinajstić information content (AvgIpc) is 2.23. The first-order chi connectivity index (χ1) is 7.85. The Balaban J connectivity index is 4.65. The van der Waals surface area contributed by atoms with Gasteiger partial charge >= 0.3 is 5.97 Å². The van der Waals surface area contributed by atoms with Gasteiger partial charge in [0.2, 0.25) is 0 Å². The first-order valence-electron chi connectivity index (χ1n) is 6.27. The van der Waals surface area contributed by atoms with E-state index in [-0.39, 0.29) is 11.9 Å². The van der Waals surface area contributed by atoms with Crippen LogP contribution in [0.2, 0.25) is 0 Å². The summed E-state index contributed by atoms with van der Waals surface area (Å²) < 4.78 is 5.32. The first-order valence-corrected chi connectivity index (χ1v) is 6.27. The van der Waals surface area contributed by atoms with Gasteiger partial charge in [-0.1, -0.05) is 39.5 Å². The molecule has 0 saturated heterocycles. The number of carbonyl (C=O) groups excluding carboxylic acids is 1. The van der Waals surface area contributed by atoms with Crippen molar-refractivity contribution >= 4 is 5.97 Å². The predicted molar refractivity (Wildman–Crippen MR) is 70.6 cm³/mol. The van der Waals surface area contributed by atoms with Crippen molar-refractivity contribution < 1.29 is 9.53 Å². The topological polar surface area (TPSA) is 29.5 Å². The van der Waals surface area contributed by atoms with Crippen molar-refractivity contribution in [2.45, 2.75) is 47.1 Å². The first kappa shape index (κ1) is 16.0. The molecule has 0 bridgehead atoms. The van der Waals surface area contributed by atoms with Crippen molar-refractivity contribution in [1.82, 2.24) is 4.90 Å². The Hall–Kier alpha value is -1.01. The highest BCUT2D eigenvalue weighted by Crippen LogP contribution is 2.20. The number of rotatable bonds is 5. The largest absolute Gasteiger partial charge is 0.446 e. The summed E-state index contributed by atoms with van der Waals surface area (Å²) in [5.41, 5.74) is -0.682. The van der Waals surface area contributed by atoms with E-state index >= 15 is 0 Å². The van der Waals surface area contributed by atoms with Crippen LogP contribution < -0.4 is 0 Å². The average molecular weight is 239 g/mol. The van der Waals surface area contributed by atoms with Crippen LogP contribution in [0.15, 0.2) is 0 Å². The third kappa shape index (κ3) is 5.74. The highest BCUT2D eigenvalue weighted by molar-refractivity contribution is 5.67. The molecule has 1 unspecified atom stereocenters. The summed E-state index contributed by atoms with van der Waals surface area (Å²) in [5, 5.41) is 0. The lowest BCUT2D eigenvalue weighted by Gasteiger charge is -2.27. The predicted octanol–water partition coefficient (Wildman–Crippen LogP) is 2.31. The van der Waals surface area contributed by atoms with E-state index in [1.54, 1.807) is 0 Å². The van der Waals surface area contributed by atoms with Gasteiger partial charge in [0, 0.05) is 12.8 Å². The zero-order chi connectivity index (χ0) is 13.5. The summed E-state index contributed by atoms with van der Waals surface area (Å²) in [6.07, 6.45) is 0. The third-order valence-electron chi connectivity index (χ3n) is 2.99. The Morgan fingerprint density at radius 1 is 1.35 bits per heavy atom. The zero-order valence-corrected chi connectivity index (χ0v) is 12.0. The molecule has 0 heterocycles. The fourth-order valence-electron chi connectivity index (χ4n) is 1.36. The van der Waals surface area contributed by atoms with Crippen molar-refractivity contribution in [2.24, 2.45) is 5.92 Å². The van der Waals surface area contributed by atoms with Crippen LogP contribution in [0.25, 0.3) is 0 Å². The maximum Gasteiger partial charge on any atom is 0.304 e. The molecule has 98 valence electrons. The summed E-state index contributed by atoms with van der Waals surface area (Å²) in [5.74, 6) is 6.10. The molecule has 0 aliphatic rings. The van der Waals surface area contributed by atoms with Crippen LogP contribution in [0.5, 0.6) is 0 Å². The summed E-state index contributed by atoms with van der Waals surface area (Å²) in [4.78, 5) is 13.3. The SMILES string of the molecule is CCN(CC)CC#CC(C)(OC(C)=O)C(C)C. The van der Waals surface area contributed by atoms with Gasteiger partial charge in [0.05, 0.1) is 6.54 Å². The molecule has 0 N–H and O–H groups in total. The molecule has 0 radical (unpaired) electrons. The number of esters is 1. The minimum atomic E-state index is -0.682. The van der Waals surface area contributed by atoms with E-state index in [1.807, 2.05) is 20.8 Å². The van der Waals surface area contributed by atoms with E-state index in [0.29, 0.717) is 0 Å². The van der Waals surface area contributed by atoms with E-state index in [1.165, 1.54) is 6.92 Å². The lowest BCUT2D eigenvalue weighted by Crippen LogP contribution is -2.35. The van der Waals surface area contributed by atoms with Crippen molar-refractivity contribution in [3.05, 3.63) is 0 Å². The fraction of sp³-hybridized carbons (Fsp3) is 0.786. The molecule has 0 aromatic heterocycles. The molecular formula is C14H25NO2. The van der Waals surface area contributed by atoms with E-state index in [4.69, 9.17) is 4.74 Å². The summed E-state index contributed by atoms with van der Waals surface area (Å²) >= 11 is 0. The molecule has 3 nitrogen and oxygen atoms in total. The molecule has 0 aromatic carbocycles. The summed E-state index contributed by atoms with van der Waals surface area (Å²) in [6.45, 7) is 14.2. The maximum atomic E-state index is 11.1. The lowest BCUT2D eigenvalue weighted by molar-refractivity contribution is -0.153. The van der Waals surface area contributed by atoms with Gasteiger partial charge in [0.25, 0.3) is 0 Å². The van der Waals surface area contributed by atoms with Crippen LogP contribution >= 0.6 is 0 Å². The van der Waals surface area contributed by atoms with E-state index in [2.05, 4.69) is 30.6 Å². The number of hydrogen-bond acceptors (Lipinski definition) is 3. The third-order valence-corrected chi connectivity index (χ3v) is 2.99.